The van der Waals surface area contributed by atoms with Crippen molar-refractivity contribution in [2.75, 3.05) is 25.6 Å². The lowest BCUT2D eigenvalue weighted by Gasteiger charge is -2.05. The van der Waals surface area contributed by atoms with Crippen LogP contribution in [0.5, 0.6) is 0 Å². The molecule has 4 aromatic rings. The van der Waals surface area contributed by atoms with Gasteiger partial charge in [-0.1, -0.05) is 29.5 Å². The Morgan fingerprint density at radius 2 is 2.04 bits per heavy atom. The molecule has 142 valence electrons. The highest BCUT2D eigenvalue weighted by atomic mass is 32.1. The highest BCUT2D eigenvalue weighted by Gasteiger charge is 2.13. The Balaban J connectivity index is 1.69. The number of amides is 1. The zero-order valence-electron chi connectivity index (χ0n) is 15.0. The van der Waals surface area contributed by atoms with E-state index in [4.69, 9.17) is 4.74 Å². The minimum Gasteiger partial charge on any atom is -0.383 e. The van der Waals surface area contributed by atoms with E-state index in [1.54, 1.807) is 25.3 Å². The van der Waals surface area contributed by atoms with Crippen LogP contribution in [0.4, 0.5) is 10.8 Å². The first-order valence-corrected chi connectivity index (χ1v) is 9.40. The molecular weight excluding hydrogens is 378 g/mol. The van der Waals surface area contributed by atoms with E-state index in [1.807, 2.05) is 30.3 Å². The van der Waals surface area contributed by atoms with E-state index in [2.05, 4.69) is 20.7 Å². The Morgan fingerprint density at radius 1 is 1.21 bits per heavy atom. The molecule has 0 saturated carbocycles. The number of methoxy groups -OCH3 is 1. The SMILES string of the molecule is COCCNC(=O)c1ccc2c(=O)n3nc(Nc4ccccc4)sc3nc2c1. The molecule has 0 aliphatic heterocycles. The first kappa shape index (κ1) is 18.1. The van der Waals surface area contributed by atoms with Crippen LogP contribution in [0, 0.1) is 0 Å². The molecule has 0 bridgehead atoms. The number of carbonyl (C=O) groups excluding carboxylic acids is 1. The van der Waals surface area contributed by atoms with Crippen LogP contribution >= 0.6 is 11.3 Å². The lowest BCUT2D eigenvalue weighted by atomic mass is 10.1. The molecule has 2 aromatic carbocycles. The quantitative estimate of drug-likeness (QED) is 0.487. The van der Waals surface area contributed by atoms with Gasteiger partial charge in [0.25, 0.3) is 11.5 Å². The van der Waals surface area contributed by atoms with Gasteiger partial charge in [-0.3, -0.25) is 9.59 Å². The molecule has 0 aliphatic rings. The van der Waals surface area contributed by atoms with Crippen molar-refractivity contribution in [3.8, 4) is 0 Å². The summed E-state index contributed by atoms with van der Waals surface area (Å²) in [5.41, 5.74) is 1.49. The standard InChI is InChI=1S/C19H17N5O3S/c1-27-10-9-20-16(25)12-7-8-14-15(11-12)22-19-24(17(14)26)23-18(28-19)21-13-5-3-2-4-6-13/h2-8,11H,9-10H2,1H3,(H,20,25)(H,21,23). The fourth-order valence-electron chi connectivity index (χ4n) is 2.71. The number of para-hydroxylation sites is 1. The van der Waals surface area contributed by atoms with Gasteiger partial charge < -0.3 is 15.4 Å². The number of anilines is 2. The third-order valence-electron chi connectivity index (χ3n) is 4.08. The maximum atomic E-state index is 12.8. The molecule has 0 saturated heterocycles. The minimum absolute atomic E-state index is 0.239. The second kappa shape index (κ2) is 7.75. The van der Waals surface area contributed by atoms with Gasteiger partial charge in [0.05, 0.1) is 17.5 Å². The Bertz CT molecular complexity index is 1200. The number of ether oxygens (including phenoxy) is 1. The summed E-state index contributed by atoms with van der Waals surface area (Å²) in [6, 6.07) is 14.4. The fourth-order valence-corrected chi connectivity index (χ4v) is 3.53. The normalized spacial score (nSPS) is 11.0. The summed E-state index contributed by atoms with van der Waals surface area (Å²) < 4.78 is 6.20. The van der Waals surface area contributed by atoms with Crippen LogP contribution in [0.2, 0.25) is 0 Å². The van der Waals surface area contributed by atoms with Crippen molar-refractivity contribution in [1.29, 1.82) is 0 Å². The number of hydrogen-bond donors (Lipinski definition) is 2. The van der Waals surface area contributed by atoms with Crippen LogP contribution in [-0.2, 0) is 4.74 Å². The molecule has 0 atom stereocenters. The summed E-state index contributed by atoms with van der Waals surface area (Å²) in [5, 5.41) is 11.2. The number of fused-ring (bicyclic) bond motifs is 2. The molecule has 4 rings (SSSR count). The Morgan fingerprint density at radius 3 is 2.82 bits per heavy atom. The van der Waals surface area contributed by atoms with E-state index in [9.17, 15) is 9.59 Å². The van der Waals surface area contributed by atoms with Gasteiger partial charge in [-0.25, -0.2) is 4.98 Å². The highest BCUT2D eigenvalue weighted by molar-refractivity contribution is 7.20. The average molecular weight is 395 g/mol. The number of nitrogens with zero attached hydrogens (tertiary/aromatic N) is 3. The summed E-state index contributed by atoms with van der Waals surface area (Å²) in [6.45, 7) is 0.837. The van der Waals surface area contributed by atoms with Gasteiger partial charge >= 0.3 is 0 Å². The van der Waals surface area contributed by atoms with Gasteiger partial charge in [0, 0.05) is 24.9 Å². The number of carbonyl (C=O) groups is 1. The zero-order valence-corrected chi connectivity index (χ0v) is 15.8. The molecule has 0 fully saturated rings. The van der Waals surface area contributed by atoms with Crippen LogP contribution in [-0.4, -0.2) is 40.8 Å². The molecule has 8 nitrogen and oxygen atoms in total. The molecule has 9 heteroatoms. The van der Waals surface area contributed by atoms with Gasteiger partial charge in [0.1, 0.15) is 0 Å². The van der Waals surface area contributed by atoms with Crippen molar-refractivity contribution in [2.45, 2.75) is 0 Å². The third-order valence-corrected chi connectivity index (χ3v) is 4.90. The van der Waals surface area contributed by atoms with Crippen molar-refractivity contribution in [1.82, 2.24) is 19.9 Å². The first-order valence-electron chi connectivity index (χ1n) is 8.58. The van der Waals surface area contributed by atoms with Crippen LogP contribution in [0.1, 0.15) is 10.4 Å². The van der Waals surface area contributed by atoms with Gasteiger partial charge in [0.15, 0.2) is 0 Å². The summed E-state index contributed by atoms with van der Waals surface area (Å²) in [7, 11) is 1.57. The molecule has 0 radical (unpaired) electrons. The predicted molar refractivity (Wildman–Crippen MR) is 109 cm³/mol. The third kappa shape index (κ3) is 3.57. The smallest absolute Gasteiger partial charge is 0.283 e. The van der Waals surface area contributed by atoms with Crippen LogP contribution in [0.15, 0.2) is 53.3 Å². The first-order chi connectivity index (χ1) is 13.7. The molecule has 1 amide bonds. The number of hydrogen-bond acceptors (Lipinski definition) is 7. The highest BCUT2D eigenvalue weighted by Crippen LogP contribution is 2.23. The van der Waals surface area contributed by atoms with Crippen LogP contribution in [0.3, 0.4) is 0 Å². The van der Waals surface area contributed by atoms with Gasteiger partial charge in [-0.05, 0) is 30.3 Å². The van der Waals surface area contributed by atoms with Crippen molar-refractivity contribution in [3.05, 3.63) is 64.4 Å². The lowest BCUT2D eigenvalue weighted by Crippen LogP contribution is -2.27. The Hall–Kier alpha value is -3.30. The van der Waals surface area contributed by atoms with E-state index < -0.39 is 0 Å². The van der Waals surface area contributed by atoms with Gasteiger partial charge in [0.2, 0.25) is 10.1 Å². The van der Waals surface area contributed by atoms with E-state index in [1.165, 1.54) is 15.9 Å². The number of aromatic nitrogens is 3. The van der Waals surface area contributed by atoms with Crippen LogP contribution in [0.25, 0.3) is 15.9 Å². The van der Waals surface area contributed by atoms with Crippen molar-refractivity contribution in [3.63, 3.8) is 0 Å². The molecule has 2 heterocycles. The van der Waals surface area contributed by atoms with Crippen LogP contribution < -0.4 is 16.2 Å². The van der Waals surface area contributed by atoms with E-state index in [0.29, 0.717) is 39.7 Å². The topological polar surface area (TPSA) is 97.6 Å². The maximum Gasteiger partial charge on any atom is 0.283 e. The molecule has 28 heavy (non-hydrogen) atoms. The largest absolute Gasteiger partial charge is 0.383 e. The molecule has 0 aliphatic carbocycles. The predicted octanol–water partition coefficient (Wildman–Crippen LogP) is 2.42. The fraction of sp³-hybridized carbons (Fsp3) is 0.158. The summed E-state index contributed by atoms with van der Waals surface area (Å²) in [4.78, 5) is 30.0. The summed E-state index contributed by atoms with van der Waals surface area (Å²) >= 11 is 1.26. The van der Waals surface area contributed by atoms with Gasteiger partial charge in [-0.15, -0.1) is 5.10 Å². The monoisotopic (exact) mass is 395 g/mol. The number of benzene rings is 2. The summed E-state index contributed by atoms with van der Waals surface area (Å²) in [6.07, 6.45) is 0. The van der Waals surface area contributed by atoms with Crippen molar-refractivity contribution >= 4 is 43.9 Å². The second-order valence-electron chi connectivity index (χ2n) is 5.99. The van der Waals surface area contributed by atoms with Gasteiger partial charge in [-0.2, -0.15) is 4.52 Å². The molecule has 2 N–H and O–H groups in total. The van der Waals surface area contributed by atoms with E-state index in [0.717, 1.165) is 5.69 Å². The minimum atomic E-state index is -0.274. The number of rotatable bonds is 6. The molecule has 0 unspecified atom stereocenters. The summed E-state index contributed by atoms with van der Waals surface area (Å²) in [5.74, 6) is -0.239. The number of nitrogens with one attached hydrogen (secondary N) is 2. The van der Waals surface area contributed by atoms with E-state index in [-0.39, 0.29) is 11.5 Å². The van der Waals surface area contributed by atoms with E-state index >= 15 is 0 Å². The molecular formula is C19H17N5O3S. The van der Waals surface area contributed by atoms with Crippen molar-refractivity contribution < 1.29 is 9.53 Å². The lowest BCUT2D eigenvalue weighted by molar-refractivity contribution is 0.0937. The maximum absolute atomic E-state index is 12.8. The molecule has 0 spiro atoms. The second-order valence-corrected chi connectivity index (χ2v) is 6.95. The zero-order chi connectivity index (χ0) is 19.5. The average Bonchev–Trinajstić information content (AvgIpc) is 3.11. The Labute approximate surface area is 163 Å². The Kier molecular flexibility index (Phi) is 5.00. The van der Waals surface area contributed by atoms with Crippen molar-refractivity contribution in [2.24, 2.45) is 0 Å². The molecule has 2 aromatic heterocycles.